The van der Waals surface area contributed by atoms with Crippen molar-refractivity contribution in [2.75, 3.05) is 13.6 Å². The van der Waals surface area contributed by atoms with Gasteiger partial charge in [0.05, 0.1) is 11.4 Å². The molecule has 1 atom stereocenters. The number of hydrogen-bond acceptors (Lipinski definition) is 4. The largest absolute Gasteiger partial charge is 0.350 e. The number of rotatable bonds is 8. The van der Waals surface area contributed by atoms with Crippen molar-refractivity contribution < 1.29 is 18.0 Å². The minimum absolute atomic E-state index is 0.117. The van der Waals surface area contributed by atoms with Crippen LogP contribution >= 0.6 is 0 Å². The number of benzene rings is 2. The molecule has 0 bridgehead atoms. The van der Waals surface area contributed by atoms with Crippen LogP contribution in [0.15, 0.2) is 59.5 Å². The molecule has 1 unspecified atom stereocenters. The molecule has 0 aliphatic heterocycles. The third-order valence-corrected chi connectivity index (χ3v) is 6.77. The number of sulfonamides is 1. The first-order chi connectivity index (χ1) is 14.8. The van der Waals surface area contributed by atoms with Crippen molar-refractivity contribution in [2.45, 2.75) is 57.6 Å². The Balaban J connectivity index is 2.26. The molecule has 0 spiro atoms. The van der Waals surface area contributed by atoms with Crippen molar-refractivity contribution in [3.8, 4) is 0 Å². The van der Waals surface area contributed by atoms with E-state index in [1.54, 1.807) is 19.1 Å². The molecule has 32 heavy (non-hydrogen) atoms. The minimum Gasteiger partial charge on any atom is -0.350 e. The van der Waals surface area contributed by atoms with Crippen LogP contribution in [0.1, 0.15) is 38.8 Å². The fraction of sp³-hybridized carbons (Fsp3) is 0.417. The number of carbonyl (C=O) groups is 2. The molecule has 174 valence electrons. The molecule has 2 rings (SSSR count). The van der Waals surface area contributed by atoms with Gasteiger partial charge in [-0.3, -0.25) is 9.59 Å². The Hall–Kier alpha value is -2.71. The fourth-order valence-corrected chi connectivity index (χ4v) is 4.21. The summed E-state index contributed by atoms with van der Waals surface area (Å²) in [4.78, 5) is 27.6. The second-order valence-corrected chi connectivity index (χ2v) is 11.0. The van der Waals surface area contributed by atoms with Gasteiger partial charge in [0, 0.05) is 19.1 Å². The third-order valence-electron chi connectivity index (χ3n) is 4.95. The minimum atomic E-state index is -3.85. The lowest BCUT2D eigenvalue weighted by atomic mass is 10.1. The number of nitrogens with one attached hydrogen (secondary N) is 1. The number of aryl methyl sites for hydroxylation is 1. The number of carbonyl (C=O) groups excluding carboxylic acids is 2. The smallest absolute Gasteiger partial charge is 0.243 e. The molecule has 8 heteroatoms. The molecule has 0 fully saturated rings. The molecule has 0 saturated heterocycles. The highest BCUT2D eigenvalue weighted by Gasteiger charge is 2.31. The number of nitrogens with zero attached hydrogens (tertiary/aromatic N) is 2. The molecule has 0 aromatic heterocycles. The van der Waals surface area contributed by atoms with Crippen LogP contribution in [0.4, 0.5) is 0 Å². The Morgan fingerprint density at radius 1 is 1.00 bits per heavy atom. The van der Waals surface area contributed by atoms with Gasteiger partial charge in [-0.2, -0.15) is 4.31 Å². The van der Waals surface area contributed by atoms with Crippen molar-refractivity contribution in [3.05, 3.63) is 65.7 Å². The zero-order chi connectivity index (χ0) is 24.1. The van der Waals surface area contributed by atoms with E-state index in [-0.39, 0.29) is 23.9 Å². The van der Waals surface area contributed by atoms with Crippen molar-refractivity contribution in [1.29, 1.82) is 0 Å². The van der Waals surface area contributed by atoms with Gasteiger partial charge in [-0.15, -0.1) is 0 Å². The molecule has 1 N–H and O–H groups in total. The summed E-state index contributed by atoms with van der Waals surface area (Å²) in [5, 5.41) is 2.89. The van der Waals surface area contributed by atoms with E-state index >= 15 is 0 Å². The van der Waals surface area contributed by atoms with E-state index in [0.29, 0.717) is 0 Å². The summed E-state index contributed by atoms with van der Waals surface area (Å²) in [7, 11) is -2.48. The van der Waals surface area contributed by atoms with Crippen LogP contribution in [-0.4, -0.2) is 54.6 Å². The predicted octanol–water partition coefficient (Wildman–Crippen LogP) is 2.95. The molecule has 0 aliphatic carbocycles. The van der Waals surface area contributed by atoms with Crippen LogP contribution in [0.2, 0.25) is 0 Å². The number of likely N-dealkylation sites (N-methyl/N-ethyl adjacent to an activating group) is 1. The van der Waals surface area contributed by atoms with Crippen LogP contribution in [0.3, 0.4) is 0 Å². The summed E-state index contributed by atoms with van der Waals surface area (Å²) in [5.41, 5.74) is 1.33. The molecular formula is C24H33N3O4S. The fourth-order valence-electron chi connectivity index (χ4n) is 3.09. The average Bonchev–Trinajstić information content (AvgIpc) is 2.71. The van der Waals surface area contributed by atoms with Gasteiger partial charge < -0.3 is 10.2 Å². The first-order valence-corrected chi connectivity index (χ1v) is 11.9. The Morgan fingerprint density at radius 3 is 2.09 bits per heavy atom. The van der Waals surface area contributed by atoms with Crippen LogP contribution in [0.5, 0.6) is 0 Å². The summed E-state index contributed by atoms with van der Waals surface area (Å²) in [6.07, 6.45) is 0. The Morgan fingerprint density at radius 2 is 1.56 bits per heavy atom. The Bertz CT molecular complexity index is 1030. The normalized spacial score (nSPS) is 13.0. The Kier molecular flexibility index (Phi) is 8.20. The third kappa shape index (κ3) is 6.90. The van der Waals surface area contributed by atoms with Crippen LogP contribution in [-0.2, 0) is 26.2 Å². The van der Waals surface area contributed by atoms with Gasteiger partial charge in [-0.1, -0.05) is 48.0 Å². The van der Waals surface area contributed by atoms with Crippen molar-refractivity contribution in [3.63, 3.8) is 0 Å². The van der Waals surface area contributed by atoms with E-state index in [1.165, 1.54) is 24.1 Å². The van der Waals surface area contributed by atoms with E-state index in [9.17, 15) is 18.0 Å². The van der Waals surface area contributed by atoms with E-state index < -0.39 is 27.5 Å². The molecular weight excluding hydrogens is 426 g/mol. The quantitative estimate of drug-likeness (QED) is 0.658. The first-order valence-electron chi connectivity index (χ1n) is 10.5. The maximum Gasteiger partial charge on any atom is 0.243 e. The van der Waals surface area contributed by atoms with Crippen LogP contribution in [0, 0.1) is 6.92 Å². The molecule has 2 aromatic rings. The van der Waals surface area contributed by atoms with Gasteiger partial charge >= 0.3 is 0 Å². The zero-order valence-corrected chi connectivity index (χ0v) is 20.4. The highest BCUT2D eigenvalue weighted by Crippen LogP contribution is 2.17. The van der Waals surface area contributed by atoms with Gasteiger partial charge in [-0.05, 0) is 52.3 Å². The summed E-state index contributed by atoms with van der Waals surface area (Å²) in [5.74, 6) is -0.755. The van der Waals surface area contributed by atoms with E-state index in [4.69, 9.17) is 0 Å². The number of amides is 2. The monoisotopic (exact) mass is 459 g/mol. The molecule has 0 aliphatic rings. The molecule has 2 aromatic carbocycles. The van der Waals surface area contributed by atoms with Crippen molar-refractivity contribution >= 4 is 21.8 Å². The molecule has 2 amide bonds. The maximum absolute atomic E-state index is 13.2. The molecule has 7 nitrogen and oxygen atoms in total. The van der Waals surface area contributed by atoms with Gasteiger partial charge in [0.2, 0.25) is 21.8 Å². The summed E-state index contributed by atoms with van der Waals surface area (Å²) in [6.45, 7) is 8.92. The topological polar surface area (TPSA) is 86.8 Å². The SMILES string of the molecule is Cc1ccc(S(=O)(=O)N(C)CC(=O)N(Cc2ccccc2)C(C)C(=O)NC(C)(C)C)cc1. The predicted molar refractivity (Wildman–Crippen MR) is 125 cm³/mol. The van der Waals surface area contributed by atoms with E-state index in [2.05, 4.69) is 5.32 Å². The highest BCUT2D eigenvalue weighted by atomic mass is 32.2. The molecule has 0 saturated carbocycles. The molecule has 0 heterocycles. The van der Waals surface area contributed by atoms with E-state index in [0.717, 1.165) is 15.4 Å². The highest BCUT2D eigenvalue weighted by molar-refractivity contribution is 7.89. The lowest BCUT2D eigenvalue weighted by molar-refractivity contribution is -0.141. The summed E-state index contributed by atoms with van der Waals surface area (Å²) < 4.78 is 26.9. The van der Waals surface area contributed by atoms with Gasteiger partial charge in [0.1, 0.15) is 6.04 Å². The average molecular weight is 460 g/mol. The first kappa shape index (κ1) is 25.5. The van der Waals surface area contributed by atoms with Gasteiger partial charge in [0.25, 0.3) is 0 Å². The second-order valence-electron chi connectivity index (χ2n) is 9.00. The second kappa shape index (κ2) is 10.3. The lowest BCUT2D eigenvalue weighted by Gasteiger charge is -2.32. The standard InChI is InChI=1S/C24H33N3O4S/c1-18-12-14-21(15-13-18)32(30,31)26(6)17-22(28)27(16-20-10-8-7-9-11-20)19(2)23(29)25-24(3,4)5/h7-15,19H,16-17H2,1-6H3,(H,25,29). The number of hydrogen-bond donors (Lipinski definition) is 1. The molecule has 0 radical (unpaired) electrons. The lowest BCUT2D eigenvalue weighted by Crippen LogP contribution is -2.54. The Labute approximate surface area is 191 Å². The van der Waals surface area contributed by atoms with Crippen LogP contribution < -0.4 is 5.32 Å². The summed E-state index contributed by atoms with van der Waals surface area (Å²) in [6, 6.07) is 15.0. The van der Waals surface area contributed by atoms with E-state index in [1.807, 2.05) is 58.0 Å². The van der Waals surface area contributed by atoms with Gasteiger partial charge in [-0.25, -0.2) is 8.42 Å². The van der Waals surface area contributed by atoms with Crippen LogP contribution in [0.25, 0.3) is 0 Å². The zero-order valence-electron chi connectivity index (χ0n) is 19.6. The van der Waals surface area contributed by atoms with Crippen molar-refractivity contribution in [1.82, 2.24) is 14.5 Å². The summed E-state index contributed by atoms with van der Waals surface area (Å²) >= 11 is 0. The van der Waals surface area contributed by atoms with Gasteiger partial charge in [0.15, 0.2) is 0 Å². The maximum atomic E-state index is 13.2. The van der Waals surface area contributed by atoms with Crippen molar-refractivity contribution in [2.24, 2.45) is 0 Å².